The number of likely N-dealkylation sites (N-methyl/N-ethyl adjacent to an activating group) is 1. The fourth-order valence-electron chi connectivity index (χ4n) is 2.52. The van der Waals surface area contributed by atoms with Gasteiger partial charge < -0.3 is 10.1 Å². The van der Waals surface area contributed by atoms with Crippen LogP contribution in [-0.4, -0.2) is 38.3 Å². The van der Waals surface area contributed by atoms with Crippen LogP contribution in [0.25, 0.3) is 0 Å². The highest BCUT2D eigenvalue weighted by Gasteiger charge is 2.17. The number of hydrogen-bond donors (Lipinski definition) is 1. The summed E-state index contributed by atoms with van der Waals surface area (Å²) in [5.74, 6) is 0. The molecule has 106 valence electrons. The van der Waals surface area contributed by atoms with Crippen LogP contribution >= 0.6 is 15.9 Å². The van der Waals surface area contributed by atoms with Crippen LogP contribution in [0, 0.1) is 0 Å². The van der Waals surface area contributed by atoms with Crippen LogP contribution in [0.3, 0.4) is 0 Å². The Labute approximate surface area is 124 Å². The number of rotatable bonds is 6. The smallest absolute Gasteiger partial charge is 0.0702 e. The predicted octanol–water partition coefficient (Wildman–Crippen LogP) is 2.78. The Morgan fingerprint density at radius 1 is 1.47 bits per heavy atom. The summed E-state index contributed by atoms with van der Waals surface area (Å²) in [6.45, 7) is 3.82. The van der Waals surface area contributed by atoms with Crippen molar-refractivity contribution in [2.45, 2.75) is 32.0 Å². The van der Waals surface area contributed by atoms with Crippen molar-refractivity contribution in [3.63, 3.8) is 0 Å². The molecule has 19 heavy (non-hydrogen) atoms. The van der Waals surface area contributed by atoms with E-state index in [1.54, 1.807) is 0 Å². The van der Waals surface area contributed by atoms with Crippen molar-refractivity contribution in [3.05, 3.63) is 33.8 Å². The van der Waals surface area contributed by atoms with Crippen LogP contribution in [0.15, 0.2) is 22.7 Å². The third-order valence-electron chi connectivity index (χ3n) is 3.48. The zero-order valence-electron chi connectivity index (χ0n) is 11.8. The van der Waals surface area contributed by atoms with Crippen molar-refractivity contribution in [1.29, 1.82) is 0 Å². The van der Waals surface area contributed by atoms with Crippen LogP contribution in [0.4, 0.5) is 0 Å². The van der Waals surface area contributed by atoms with E-state index in [4.69, 9.17) is 4.74 Å². The highest BCUT2D eigenvalue weighted by Crippen LogP contribution is 2.21. The fraction of sp³-hybridized carbons (Fsp3) is 0.600. The second-order valence-corrected chi connectivity index (χ2v) is 6.14. The first-order valence-corrected chi connectivity index (χ1v) is 7.70. The number of benzene rings is 1. The van der Waals surface area contributed by atoms with E-state index >= 15 is 0 Å². The van der Waals surface area contributed by atoms with Gasteiger partial charge in [-0.05, 0) is 44.1 Å². The summed E-state index contributed by atoms with van der Waals surface area (Å²) in [7, 11) is 4.13. The van der Waals surface area contributed by atoms with Gasteiger partial charge in [-0.25, -0.2) is 0 Å². The Kier molecular flexibility index (Phi) is 5.82. The lowest BCUT2D eigenvalue weighted by molar-refractivity contribution is 0.0792. The lowest BCUT2D eigenvalue weighted by Crippen LogP contribution is -2.28. The first-order chi connectivity index (χ1) is 9.19. The molecule has 4 heteroatoms. The Morgan fingerprint density at radius 3 is 2.95 bits per heavy atom. The molecule has 0 radical (unpaired) electrons. The van der Waals surface area contributed by atoms with E-state index in [1.807, 2.05) is 7.05 Å². The molecule has 0 saturated carbocycles. The maximum atomic E-state index is 5.68. The molecule has 0 aromatic heterocycles. The summed E-state index contributed by atoms with van der Waals surface area (Å²) in [5, 5.41) is 3.17. The summed E-state index contributed by atoms with van der Waals surface area (Å²) in [4.78, 5) is 2.34. The Hall–Kier alpha value is -0.420. The van der Waals surface area contributed by atoms with Crippen LogP contribution in [-0.2, 0) is 17.8 Å². The van der Waals surface area contributed by atoms with Crippen molar-refractivity contribution >= 4 is 15.9 Å². The van der Waals surface area contributed by atoms with Gasteiger partial charge in [0.15, 0.2) is 0 Å². The topological polar surface area (TPSA) is 24.5 Å². The van der Waals surface area contributed by atoms with E-state index in [9.17, 15) is 0 Å². The third-order valence-corrected chi connectivity index (χ3v) is 4.22. The highest BCUT2D eigenvalue weighted by molar-refractivity contribution is 9.10. The summed E-state index contributed by atoms with van der Waals surface area (Å²) in [6, 6.07) is 6.60. The average molecular weight is 327 g/mol. The predicted molar refractivity (Wildman–Crippen MR) is 82.2 cm³/mol. The minimum absolute atomic E-state index is 0.423. The Morgan fingerprint density at radius 2 is 2.32 bits per heavy atom. The van der Waals surface area contributed by atoms with Crippen molar-refractivity contribution in [2.24, 2.45) is 0 Å². The zero-order valence-corrected chi connectivity index (χ0v) is 13.4. The molecule has 2 rings (SSSR count). The molecule has 1 heterocycles. The summed E-state index contributed by atoms with van der Waals surface area (Å²) >= 11 is 3.67. The van der Waals surface area contributed by atoms with Crippen molar-refractivity contribution < 1.29 is 4.74 Å². The van der Waals surface area contributed by atoms with Gasteiger partial charge in [-0.2, -0.15) is 0 Å². The molecule has 0 spiro atoms. The van der Waals surface area contributed by atoms with Crippen LogP contribution in [0.1, 0.15) is 24.0 Å². The second kappa shape index (κ2) is 7.39. The summed E-state index contributed by atoms with van der Waals surface area (Å²) in [5.41, 5.74) is 2.64. The van der Waals surface area contributed by atoms with Gasteiger partial charge in [0, 0.05) is 30.7 Å². The van der Waals surface area contributed by atoms with E-state index < -0.39 is 0 Å². The van der Waals surface area contributed by atoms with E-state index in [0.29, 0.717) is 6.10 Å². The van der Waals surface area contributed by atoms with Crippen LogP contribution in [0.2, 0.25) is 0 Å². The molecule has 0 aliphatic carbocycles. The van der Waals surface area contributed by atoms with Gasteiger partial charge in [0.2, 0.25) is 0 Å². The number of hydrogen-bond acceptors (Lipinski definition) is 3. The number of halogens is 1. The van der Waals surface area contributed by atoms with E-state index in [-0.39, 0.29) is 0 Å². The minimum atomic E-state index is 0.423. The largest absolute Gasteiger partial charge is 0.377 e. The molecule has 1 aromatic rings. The molecule has 1 saturated heterocycles. The molecule has 0 amide bonds. The fourth-order valence-corrected chi connectivity index (χ4v) is 3.08. The van der Waals surface area contributed by atoms with Crippen molar-refractivity contribution in [1.82, 2.24) is 10.2 Å². The summed E-state index contributed by atoms with van der Waals surface area (Å²) in [6.07, 6.45) is 2.83. The van der Waals surface area contributed by atoms with Gasteiger partial charge >= 0.3 is 0 Å². The lowest BCUT2D eigenvalue weighted by Gasteiger charge is -2.21. The first-order valence-electron chi connectivity index (χ1n) is 6.91. The molecule has 1 fully saturated rings. The quantitative estimate of drug-likeness (QED) is 0.870. The standard InChI is InChI=1S/C15H23BrN2O/c1-17-9-12-5-6-13(15(16)8-12)10-18(2)11-14-4-3-7-19-14/h5-6,8,14,17H,3-4,7,9-11H2,1-2H3. The van der Waals surface area contributed by atoms with Gasteiger partial charge in [-0.15, -0.1) is 0 Å². The van der Waals surface area contributed by atoms with Gasteiger partial charge in [-0.3, -0.25) is 4.90 Å². The lowest BCUT2D eigenvalue weighted by atomic mass is 10.1. The van der Waals surface area contributed by atoms with Crippen molar-refractivity contribution in [2.75, 3.05) is 27.2 Å². The van der Waals surface area contributed by atoms with Gasteiger partial charge in [0.25, 0.3) is 0 Å². The van der Waals surface area contributed by atoms with Gasteiger partial charge in [0.05, 0.1) is 6.10 Å². The Balaban J connectivity index is 1.90. The molecular formula is C15H23BrN2O. The van der Waals surface area contributed by atoms with Crippen molar-refractivity contribution in [3.8, 4) is 0 Å². The molecule has 3 nitrogen and oxygen atoms in total. The average Bonchev–Trinajstić information content (AvgIpc) is 2.86. The Bertz CT molecular complexity index is 405. The molecule has 1 aromatic carbocycles. The number of nitrogens with zero attached hydrogens (tertiary/aromatic N) is 1. The maximum Gasteiger partial charge on any atom is 0.0702 e. The maximum absolute atomic E-state index is 5.68. The first kappa shape index (κ1) is 15.0. The SMILES string of the molecule is CNCc1ccc(CN(C)CC2CCCO2)c(Br)c1. The number of ether oxygens (including phenoxy) is 1. The van der Waals surface area contributed by atoms with Crippen LogP contribution < -0.4 is 5.32 Å². The van der Waals surface area contributed by atoms with Crippen LogP contribution in [0.5, 0.6) is 0 Å². The second-order valence-electron chi connectivity index (χ2n) is 5.29. The monoisotopic (exact) mass is 326 g/mol. The molecule has 1 N–H and O–H groups in total. The number of nitrogens with one attached hydrogen (secondary N) is 1. The molecule has 1 atom stereocenters. The normalized spacial score (nSPS) is 19.3. The molecule has 1 aliphatic heterocycles. The van der Waals surface area contributed by atoms with Gasteiger partial charge in [0.1, 0.15) is 0 Å². The highest BCUT2D eigenvalue weighted by atomic mass is 79.9. The van der Waals surface area contributed by atoms with E-state index in [0.717, 1.165) is 26.2 Å². The zero-order chi connectivity index (χ0) is 13.7. The molecule has 1 unspecified atom stereocenters. The molecule has 1 aliphatic rings. The van der Waals surface area contributed by atoms with E-state index in [1.165, 1.54) is 28.4 Å². The summed E-state index contributed by atoms with van der Waals surface area (Å²) < 4.78 is 6.87. The minimum Gasteiger partial charge on any atom is -0.377 e. The van der Waals surface area contributed by atoms with E-state index in [2.05, 4.69) is 51.4 Å². The third kappa shape index (κ3) is 4.56. The molecular weight excluding hydrogens is 304 g/mol. The molecule has 0 bridgehead atoms. The van der Waals surface area contributed by atoms with Gasteiger partial charge in [-0.1, -0.05) is 28.1 Å².